The maximum atomic E-state index is 14.0. The number of rotatable bonds is 7. The number of carbonyl (C=O) groups excluding carboxylic acids is 2. The highest BCUT2D eigenvalue weighted by Gasteiger charge is 2.50. The molecule has 0 saturated carbocycles. The van der Waals surface area contributed by atoms with Crippen molar-refractivity contribution >= 4 is 18.0 Å². The quantitative estimate of drug-likeness (QED) is 0.610. The van der Waals surface area contributed by atoms with E-state index in [0.29, 0.717) is 6.42 Å². The molecule has 2 aromatic rings. The van der Waals surface area contributed by atoms with E-state index in [0.717, 1.165) is 27.2 Å². The molecule has 9 heteroatoms. The average Bonchev–Trinajstić information content (AvgIpc) is 3.15. The van der Waals surface area contributed by atoms with Crippen molar-refractivity contribution < 1.29 is 33.0 Å². The zero-order valence-corrected chi connectivity index (χ0v) is 19.4. The number of piperidine rings is 1. The summed E-state index contributed by atoms with van der Waals surface area (Å²) in [6.07, 6.45) is -0.699. The third-order valence-electron chi connectivity index (χ3n) is 6.75. The standard InChI is InChI=1S/C26H28F2N2O5/c1-2-7-22(23(31)30-13-12-26(27,28)21(14-30)24(32)33)29-25(34)35-15-20-18-10-5-3-8-16(18)17-9-4-6-11-19(17)20/h3-6,8-11,20-22H,2,7,12-15H2,1H3,(H,29,34)(H,32,33)/t21?,22-/m0/s1. The number of benzene rings is 2. The van der Waals surface area contributed by atoms with Gasteiger partial charge >= 0.3 is 12.1 Å². The minimum absolute atomic E-state index is 0.0733. The van der Waals surface area contributed by atoms with Crippen molar-refractivity contribution in [2.24, 2.45) is 5.92 Å². The molecule has 1 unspecified atom stereocenters. The van der Waals surface area contributed by atoms with Crippen LogP contribution in [0.5, 0.6) is 0 Å². The van der Waals surface area contributed by atoms with E-state index in [-0.39, 0.29) is 25.5 Å². The monoisotopic (exact) mass is 486 g/mol. The first-order chi connectivity index (χ1) is 16.7. The number of hydrogen-bond donors (Lipinski definition) is 2. The van der Waals surface area contributed by atoms with Crippen molar-refractivity contribution in [2.75, 3.05) is 19.7 Å². The molecule has 2 aliphatic rings. The molecule has 7 nitrogen and oxygen atoms in total. The first-order valence-electron chi connectivity index (χ1n) is 11.7. The summed E-state index contributed by atoms with van der Waals surface area (Å²) in [6.45, 7) is 1.02. The molecule has 186 valence electrons. The maximum Gasteiger partial charge on any atom is 0.407 e. The summed E-state index contributed by atoms with van der Waals surface area (Å²) in [5, 5.41) is 11.7. The molecule has 2 aromatic carbocycles. The number of carboxylic acid groups (broad SMARTS) is 1. The fraction of sp³-hybridized carbons (Fsp3) is 0.423. The van der Waals surface area contributed by atoms with Crippen LogP contribution in [0.15, 0.2) is 48.5 Å². The first kappa shape index (κ1) is 24.6. The predicted molar refractivity (Wildman–Crippen MR) is 124 cm³/mol. The number of halogens is 2. The topological polar surface area (TPSA) is 95.9 Å². The summed E-state index contributed by atoms with van der Waals surface area (Å²) in [5.74, 6) is -7.74. The molecule has 0 radical (unpaired) electrons. The van der Waals surface area contributed by atoms with Crippen LogP contribution in [0.1, 0.15) is 43.2 Å². The lowest BCUT2D eigenvalue weighted by molar-refractivity contribution is -0.169. The molecule has 4 rings (SSSR count). The number of alkyl carbamates (subject to hydrolysis) is 1. The summed E-state index contributed by atoms with van der Waals surface area (Å²) in [7, 11) is 0. The van der Waals surface area contributed by atoms with Gasteiger partial charge < -0.3 is 20.1 Å². The largest absolute Gasteiger partial charge is 0.481 e. The maximum absolute atomic E-state index is 14.0. The highest BCUT2D eigenvalue weighted by molar-refractivity contribution is 5.86. The molecule has 1 saturated heterocycles. The Balaban J connectivity index is 1.41. The van der Waals surface area contributed by atoms with E-state index >= 15 is 0 Å². The predicted octanol–water partition coefficient (Wildman–Crippen LogP) is 4.26. The van der Waals surface area contributed by atoms with Gasteiger partial charge in [0.05, 0.1) is 0 Å². The number of ether oxygens (including phenoxy) is 1. The van der Waals surface area contributed by atoms with Crippen LogP contribution in [-0.4, -0.2) is 59.6 Å². The van der Waals surface area contributed by atoms with Gasteiger partial charge in [-0.05, 0) is 28.7 Å². The van der Waals surface area contributed by atoms with Crippen LogP contribution >= 0.6 is 0 Å². The van der Waals surface area contributed by atoms with Crippen molar-refractivity contribution in [1.82, 2.24) is 10.2 Å². The average molecular weight is 487 g/mol. The molecule has 0 aromatic heterocycles. The van der Waals surface area contributed by atoms with E-state index in [2.05, 4.69) is 5.32 Å². The van der Waals surface area contributed by atoms with Gasteiger partial charge in [0, 0.05) is 25.4 Å². The number of nitrogens with zero attached hydrogens (tertiary/aromatic N) is 1. The van der Waals surface area contributed by atoms with Crippen molar-refractivity contribution in [3.05, 3.63) is 59.7 Å². The number of amides is 2. The third kappa shape index (κ3) is 4.99. The van der Waals surface area contributed by atoms with Crippen molar-refractivity contribution in [1.29, 1.82) is 0 Å². The Labute approximate surface area is 202 Å². The zero-order valence-electron chi connectivity index (χ0n) is 19.4. The molecule has 2 amide bonds. The number of nitrogens with one attached hydrogen (secondary N) is 1. The molecule has 2 atom stereocenters. The van der Waals surface area contributed by atoms with Crippen LogP contribution in [0.3, 0.4) is 0 Å². The van der Waals surface area contributed by atoms with Gasteiger partial charge in [-0.3, -0.25) is 9.59 Å². The number of fused-ring (bicyclic) bond motifs is 3. The number of carbonyl (C=O) groups is 3. The van der Waals surface area contributed by atoms with E-state index in [4.69, 9.17) is 9.84 Å². The normalized spacial score (nSPS) is 19.4. The van der Waals surface area contributed by atoms with Gasteiger partial charge in [0.25, 0.3) is 5.92 Å². The van der Waals surface area contributed by atoms with Crippen molar-refractivity contribution in [2.45, 2.75) is 44.1 Å². The Hall–Kier alpha value is -3.49. The lowest BCUT2D eigenvalue weighted by atomic mass is 9.93. The zero-order chi connectivity index (χ0) is 25.2. The molecule has 1 fully saturated rings. The van der Waals surface area contributed by atoms with Gasteiger partial charge in [-0.25, -0.2) is 13.6 Å². The van der Waals surface area contributed by atoms with E-state index in [1.165, 1.54) is 0 Å². The minimum atomic E-state index is -3.39. The lowest BCUT2D eigenvalue weighted by Crippen LogP contribution is -2.56. The van der Waals surface area contributed by atoms with Gasteiger partial charge in [0.2, 0.25) is 5.91 Å². The van der Waals surface area contributed by atoms with E-state index < -0.39 is 48.8 Å². The number of likely N-dealkylation sites (tertiary alicyclic amines) is 1. The van der Waals surface area contributed by atoms with E-state index in [9.17, 15) is 23.2 Å². The molecule has 1 heterocycles. The van der Waals surface area contributed by atoms with Crippen molar-refractivity contribution in [3.63, 3.8) is 0 Å². The van der Waals surface area contributed by atoms with E-state index in [1.807, 2.05) is 55.5 Å². The summed E-state index contributed by atoms with van der Waals surface area (Å²) in [6, 6.07) is 14.8. The molecule has 1 aliphatic carbocycles. The molecule has 0 spiro atoms. The van der Waals surface area contributed by atoms with Crippen LogP contribution in [0.25, 0.3) is 11.1 Å². The van der Waals surface area contributed by atoms with Crippen molar-refractivity contribution in [3.8, 4) is 11.1 Å². The Morgan fingerprint density at radius 2 is 1.71 bits per heavy atom. The first-order valence-corrected chi connectivity index (χ1v) is 11.7. The van der Waals surface area contributed by atoms with Gasteiger partial charge in [0.1, 0.15) is 18.6 Å². The van der Waals surface area contributed by atoms with Crippen LogP contribution in [0, 0.1) is 5.92 Å². The Kier molecular flexibility index (Phi) is 7.05. The van der Waals surface area contributed by atoms with Gasteiger partial charge in [-0.15, -0.1) is 0 Å². The Morgan fingerprint density at radius 3 is 2.29 bits per heavy atom. The fourth-order valence-electron chi connectivity index (χ4n) is 4.91. The van der Waals surface area contributed by atoms with Crippen LogP contribution in [0.4, 0.5) is 13.6 Å². The SMILES string of the molecule is CCC[C@H](NC(=O)OCC1c2ccccc2-c2ccccc21)C(=O)N1CCC(F)(F)C(C(=O)O)C1. The number of hydrogen-bond acceptors (Lipinski definition) is 4. The second kappa shape index (κ2) is 10.0. The van der Waals surface area contributed by atoms with Crippen LogP contribution in [-0.2, 0) is 14.3 Å². The number of aliphatic carboxylic acids is 1. The lowest BCUT2D eigenvalue weighted by Gasteiger charge is -2.37. The highest BCUT2D eigenvalue weighted by Crippen LogP contribution is 2.44. The summed E-state index contributed by atoms with van der Waals surface area (Å²) in [4.78, 5) is 38.0. The second-order valence-electron chi connectivity index (χ2n) is 9.00. The molecule has 2 N–H and O–H groups in total. The molecular formula is C26H28F2N2O5. The number of alkyl halides is 2. The minimum Gasteiger partial charge on any atom is -0.481 e. The fourth-order valence-corrected chi connectivity index (χ4v) is 4.91. The van der Waals surface area contributed by atoms with Gasteiger partial charge in [-0.2, -0.15) is 0 Å². The van der Waals surface area contributed by atoms with Gasteiger partial charge in [-0.1, -0.05) is 61.9 Å². The smallest absolute Gasteiger partial charge is 0.407 e. The Bertz CT molecular complexity index is 1080. The molecule has 35 heavy (non-hydrogen) atoms. The summed E-state index contributed by atoms with van der Waals surface area (Å²) < 4.78 is 33.4. The second-order valence-corrected chi connectivity index (χ2v) is 9.00. The highest BCUT2D eigenvalue weighted by atomic mass is 19.3. The molecule has 1 aliphatic heterocycles. The molecule has 0 bridgehead atoms. The van der Waals surface area contributed by atoms with Crippen LogP contribution < -0.4 is 5.32 Å². The summed E-state index contributed by atoms with van der Waals surface area (Å²) >= 11 is 0. The molecular weight excluding hydrogens is 458 g/mol. The van der Waals surface area contributed by atoms with Gasteiger partial charge in [0.15, 0.2) is 0 Å². The third-order valence-corrected chi connectivity index (χ3v) is 6.75. The Morgan fingerprint density at radius 1 is 1.11 bits per heavy atom. The van der Waals surface area contributed by atoms with E-state index in [1.54, 1.807) is 0 Å². The van der Waals surface area contributed by atoms with Crippen LogP contribution in [0.2, 0.25) is 0 Å². The number of carboxylic acids is 1. The summed E-state index contributed by atoms with van der Waals surface area (Å²) in [5.41, 5.74) is 4.28.